The van der Waals surface area contributed by atoms with Crippen LogP contribution in [-0.4, -0.2) is 58.1 Å². The molecular formula is C29H28N4O3. The van der Waals surface area contributed by atoms with Gasteiger partial charge in [0, 0.05) is 42.6 Å². The summed E-state index contributed by atoms with van der Waals surface area (Å²) in [6, 6.07) is 18.1. The van der Waals surface area contributed by atoms with Crippen molar-refractivity contribution in [3.8, 4) is 17.2 Å². The molecule has 7 nitrogen and oxygen atoms in total. The number of aliphatic hydroxyl groups is 1. The number of hydrogen-bond acceptors (Lipinski definition) is 6. The monoisotopic (exact) mass is 480 g/mol. The predicted molar refractivity (Wildman–Crippen MR) is 135 cm³/mol. The zero-order valence-electron chi connectivity index (χ0n) is 20.1. The van der Waals surface area contributed by atoms with Gasteiger partial charge in [0.05, 0.1) is 0 Å². The minimum Gasteiger partial charge on any atom is -0.446 e. The van der Waals surface area contributed by atoms with Crippen LogP contribution in [0.15, 0.2) is 57.9 Å². The molecule has 0 radical (unpaired) electrons. The van der Waals surface area contributed by atoms with E-state index in [0.29, 0.717) is 23.2 Å². The van der Waals surface area contributed by atoms with Crippen molar-refractivity contribution >= 4 is 22.7 Å². The fourth-order valence-electron chi connectivity index (χ4n) is 5.79. The number of carbonyl (C=O) groups excluding carboxylic acids is 1. The third kappa shape index (κ3) is 3.59. The maximum absolute atomic E-state index is 12.5. The maximum Gasteiger partial charge on any atom is 0.225 e. The lowest BCUT2D eigenvalue weighted by Crippen LogP contribution is -2.44. The van der Waals surface area contributed by atoms with Gasteiger partial charge in [0.25, 0.3) is 0 Å². The second-order valence-corrected chi connectivity index (χ2v) is 10.8. The van der Waals surface area contributed by atoms with Crippen molar-refractivity contribution in [2.45, 2.75) is 43.9 Å². The van der Waals surface area contributed by atoms with E-state index in [-0.39, 0.29) is 11.5 Å². The molecule has 2 atom stereocenters. The number of nitrogens with zero attached hydrogens (tertiary/aromatic N) is 4. The number of aliphatic hydroxyl groups excluding tert-OH is 1. The quantitative estimate of drug-likeness (QED) is 0.592. The highest BCUT2D eigenvalue weighted by Crippen LogP contribution is 2.49. The van der Waals surface area contributed by atoms with Crippen LogP contribution >= 0.6 is 0 Å². The van der Waals surface area contributed by atoms with Gasteiger partial charge in [-0.15, -0.1) is 0 Å². The summed E-state index contributed by atoms with van der Waals surface area (Å²) in [7, 11) is 0. The predicted octanol–water partition coefficient (Wildman–Crippen LogP) is 4.14. The van der Waals surface area contributed by atoms with Crippen LogP contribution in [0.5, 0.6) is 0 Å². The number of rotatable bonds is 5. The third-order valence-corrected chi connectivity index (χ3v) is 8.22. The molecular weight excluding hydrogens is 452 g/mol. The Balaban J connectivity index is 1.11. The number of fused-ring (bicyclic) bond motifs is 1. The smallest absolute Gasteiger partial charge is 0.225 e. The molecule has 7 rings (SSSR count). The fraction of sp³-hybridized carbons (Fsp3) is 0.414. The molecule has 182 valence electrons. The van der Waals surface area contributed by atoms with Gasteiger partial charge in [0.2, 0.25) is 11.7 Å². The molecule has 1 saturated heterocycles. The average molecular weight is 481 g/mol. The molecule has 1 amide bonds. The molecule has 2 aliphatic carbocycles. The van der Waals surface area contributed by atoms with E-state index >= 15 is 0 Å². The molecule has 1 N–H and O–H groups in total. The highest BCUT2D eigenvalue weighted by atomic mass is 16.3. The van der Waals surface area contributed by atoms with Gasteiger partial charge in [0.15, 0.2) is 6.23 Å². The Kier molecular flexibility index (Phi) is 4.77. The molecule has 7 heteroatoms. The molecule has 3 aromatic rings. The van der Waals surface area contributed by atoms with Gasteiger partial charge in [-0.3, -0.25) is 9.79 Å². The van der Waals surface area contributed by atoms with E-state index in [4.69, 9.17) is 14.7 Å². The molecule has 2 aliphatic heterocycles. The number of amidine groups is 1. The van der Waals surface area contributed by atoms with Crippen LogP contribution in [0.1, 0.15) is 43.4 Å². The van der Waals surface area contributed by atoms with Crippen LogP contribution in [0.2, 0.25) is 0 Å². The van der Waals surface area contributed by atoms with Gasteiger partial charge in [-0.25, -0.2) is 0 Å². The second kappa shape index (κ2) is 7.94. The van der Waals surface area contributed by atoms with Crippen molar-refractivity contribution in [1.29, 1.82) is 5.26 Å². The zero-order valence-corrected chi connectivity index (χ0v) is 20.1. The minimum atomic E-state index is -0.599. The highest BCUT2D eigenvalue weighted by molar-refractivity contribution is 6.01. The van der Waals surface area contributed by atoms with Crippen LogP contribution in [0.25, 0.3) is 22.1 Å². The van der Waals surface area contributed by atoms with E-state index < -0.39 is 6.23 Å². The molecule has 2 saturated carbocycles. The largest absolute Gasteiger partial charge is 0.446 e. The Morgan fingerprint density at radius 3 is 2.56 bits per heavy atom. The van der Waals surface area contributed by atoms with Crippen LogP contribution in [0, 0.1) is 23.2 Å². The summed E-state index contributed by atoms with van der Waals surface area (Å²) in [5, 5.41) is 21.2. The van der Waals surface area contributed by atoms with Gasteiger partial charge < -0.3 is 19.3 Å². The Morgan fingerprint density at radius 1 is 1.08 bits per heavy atom. The maximum atomic E-state index is 12.5. The Morgan fingerprint density at radius 2 is 1.83 bits per heavy atom. The van der Waals surface area contributed by atoms with Crippen LogP contribution in [0.3, 0.4) is 0 Å². The van der Waals surface area contributed by atoms with Gasteiger partial charge >= 0.3 is 0 Å². The van der Waals surface area contributed by atoms with E-state index in [1.807, 2.05) is 23.1 Å². The lowest BCUT2D eigenvalue weighted by Gasteiger charge is -2.29. The lowest BCUT2D eigenvalue weighted by molar-refractivity contribution is -0.131. The third-order valence-electron chi connectivity index (χ3n) is 8.22. The minimum absolute atomic E-state index is 0.258. The zero-order chi connectivity index (χ0) is 24.4. The lowest BCUT2D eigenvalue weighted by atomic mass is 10.0. The molecule has 36 heavy (non-hydrogen) atoms. The second-order valence-electron chi connectivity index (χ2n) is 10.8. The van der Waals surface area contributed by atoms with Gasteiger partial charge in [0.1, 0.15) is 23.0 Å². The Bertz CT molecular complexity index is 1420. The first-order valence-electron chi connectivity index (χ1n) is 12.9. The topological polar surface area (TPSA) is 93.1 Å². The van der Waals surface area contributed by atoms with Crippen molar-refractivity contribution in [3.63, 3.8) is 0 Å². The summed E-state index contributed by atoms with van der Waals surface area (Å²) in [5.41, 5.74) is 3.46. The molecule has 1 aromatic heterocycles. The molecule has 2 unspecified atom stereocenters. The first-order chi connectivity index (χ1) is 17.5. The molecule has 3 fully saturated rings. The van der Waals surface area contributed by atoms with E-state index in [9.17, 15) is 9.90 Å². The number of hydrogen-bond donors (Lipinski definition) is 1. The normalized spacial score (nSPS) is 24.4. The van der Waals surface area contributed by atoms with E-state index in [1.165, 1.54) is 0 Å². The first kappa shape index (κ1) is 21.6. The molecule has 3 heterocycles. The number of benzene rings is 2. The summed E-state index contributed by atoms with van der Waals surface area (Å²) >= 11 is 0. The number of nitriles is 1. The standard InChI is InChI=1S/C29H28N4O3/c30-15-24-14-23-13-22(7-8-25(23)36-24)19-1-3-20(4-2-19)26-31-29(10-11-29)28(35)33(26)17-18-9-12-32(16-18)27(34)21-5-6-21/h1-4,7-8,13-14,18,21,28,35H,5-6,9-12,16-17H2. The van der Waals surface area contributed by atoms with Crippen molar-refractivity contribution in [2.75, 3.05) is 19.6 Å². The molecule has 4 aliphatic rings. The summed E-state index contributed by atoms with van der Waals surface area (Å²) < 4.78 is 5.50. The summed E-state index contributed by atoms with van der Waals surface area (Å²) in [5.74, 6) is 2.10. The van der Waals surface area contributed by atoms with E-state index in [1.54, 1.807) is 6.07 Å². The van der Waals surface area contributed by atoms with Crippen LogP contribution < -0.4 is 0 Å². The number of carbonyl (C=O) groups is 1. The molecule has 1 spiro atoms. The first-order valence-corrected chi connectivity index (χ1v) is 12.9. The number of aliphatic imine (C=N–C) groups is 1. The molecule has 0 bridgehead atoms. The summed E-state index contributed by atoms with van der Waals surface area (Å²) in [4.78, 5) is 21.6. The van der Waals surface area contributed by atoms with Crippen molar-refractivity contribution in [3.05, 3.63) is 59.9 Å². The number of furan rings is 1. The van der Waals surface area contributed by atoms with E-state index in [2.05, 4.69) is 35.2 Å². The number of likely N-dealkylation sites (tertiary alicyclic amines) is 1. The van der Waals surface area contributed by atoms with Crippen molar-refractivity contribution in [2.24, 2.45) is 16.8 Å². The average Bonchev–Trinajstić information content (AvgIpc) is 3.79. The Hall–Kier alpha value is -3.63. The SMILES string of the molecule is N#Cc1cc2cc(-c3ccc(C4=NC5(CC5)C(O)N4CC4CCN(C(=O)C5CC5)C4)cc3)ccc2o1. The summed E-state index contributed by atoms with van der Waals surface area (Å²) in [6.45, 7) is 2.32. The van der Waals surface area contributed by atoms with Gasteiger partial charge in [-0.2, -0.15) is 5.26 Å². The molecule has 2 aromatic carbocycles. The van der Waals surface area contributed by atoms with Crippen molar-refractivity contribution in [1.82, 2.24) is 9.80 Å². The fourth-order valence-corrected chi connectivity index (χ4v) is 5.79. The van der Waals surface area contributed by atoms with Crippen LogP contribution in [0.4, 0.5) is 0 Å². The number of amides is 1. The van der Waals surface area contributed by atoms with E-state index in [0.717, 1.165) is 79.7 Å². The highest BCUT2D eigenvalue weighted by Gasteiger charge is 2.57. The summed E-state index contributed by atoms with van der Waals surface area (Å²) in [6.07, 6.45) is 4.29. The van der Waals surface area contributed by atoms with Crippen molar-refractivity contribution < 1.29 is 14.3 Å². The van der Waals surface area contributed by atoms with Gasteiger partial charge in [-0.1, -0.05) is 30.3 Å². The Labute approximate surface area is 209 Å². The van der Waals surface area contributed by atoms with Gasteiger partial charge in [-0.05, 0) is 61.3 Å². The van der Waals surface area contributed by atoms with Crippen LogP contribution in [-0.2, 0) is 4.79 Å².